The van der Waals surface area contributed by atoms with E-state index in [-0.39, 0.29) is 18.2 Å². The van der Waals surface area contributed by atoms with Crippen molar-refractivity contribution in [2.45, 2.75) is 6.42 Å². The average Bonchev–Trinajstić information content (AvgIpc) is 3.43. The first-order chi connectivity index (χ1) is 14.6. The van der Waals surface area contributed by atoms with Gasteiger partial charge >= 0.3 is 0 Å². The van der Waals surface area contributed by atoms with Gasteiger partial charge in [-0.15, -0.1) is 11.3 Å². The average molecular weight is 481 g/mol. The van der Waals surface area contributed by atoms with E-state index in [1.165, 1.54) is 0 Å². The largest absolute Gasteiger partial charge is 0.325 e. The van der Waals surface area contributed by atoms with Crippen LogP contribution in [0.3, 0.4) is 0 Å². The second-order valence-corrected chi connectivity index (χ2v) is 8.93. The molecule has 1 fully saturated rings. The van der Waals surface area contributed by atoms with E-state index in [2.05, 4.69) is 26.2 Å². The third-order valence-electron chi connectivity index (χ3n) is 5.17. The molecule has 1 aliphatic heterocycles. The molecule has 1 N–H and O–H groups in total. The Morgan fingerprint density at radius 1 is 1.20 bits per heavy atom. The first kappa shape index (κ1) is 19.0. The van der Waals surface area contributed by atoms with Crippen LogP contribution in [-0.2, 0) is 9.59 Å². The lowest BCUT2D eigenvalue weighted by Gasteiger charge is -2.17. The van der Waals surface area contributed by atoms with Gasteiger partial charge in [-0.1, -0.05) is 40.2 Å². The number of aromatic nitrogens is 2. The summed E-state index contributed by atoms with van der Waals surface area (Å²) in [5.41, 5.74) is 3.15. The van der Waals surface area contributed by atoms with Gasteiger partial charge in [-0.2, -0.15) is 0 Å². The van der Waals surface area contributed by atoms with E-state index in [0.717, 1.165) is 26.4 Å². The zero-order valence-electron chi connectivity index (χ0n) is 15.8. The van der Waals surface area contributed by atoms with Gasteiger partial charge in [0.1, 0.15) is 0 Å². The Morgan fingerprint density at radius 3 is 2.90 bits per heavy atom. The summed E-state index contributed by atoms with van der Waals surface area (Å²) < 4.78 is 2.86. The normalized spacial score (nSPS) is 16.4. The SMILES string of the molecule is O=C(Nc1ccccc1-c1cn2ccsc2n1)C1CC(=O)N(c2cccc(Br)c2)C1. The highest BCUT2D eigenvalue weighted by molar-refractivity contribution is 9.10. The molecule has 6 nitrogen and oxygen atoms in total. The zero-order chi connectivity index (χ0) is 20.7. The molecule has 30 heavy (non-hydrogen) atoms. The third-order valence-corrected chi connectivity index (χ3v) is 6.43. The van der Waals surface area contributed by atoms with Crippen LogP contribution < -0.4 is 10.2 Å². The van der Waals surface area contributed by atoms with E-state index < -0.39 is 5.92 Å². The fourth-order valence-corrected chi connectivity index (χ4v) is 4.77. The first-order valence-corrected chi connectivity index (χ1v) is 11.1. The number of nitrogens with zero attached hydrogens (tertiary/aromatic N) is 3. The van der Waals surface area contributed by atoms with Crippen molar-refractivity contribution in [3.63, 3.8) is 0 Å². The summed E-state index contributed by atoms with van der Waals surface area (Å²) >= 11 is 4.99. The highest BCUT2D eigenvalue weighted by Crippen LogP contribution is 2.31. The molecule has 1 saturated heterocycles. The lowest BCUT2D eigenvalue weighted by atomic mass is 10.1. The lowest BCUT2D eigenvalue weighted by molar-refractivity contribution is -0.122. The number of carbonyl (C=O) groups excluding carboxylic acids is 2. The molecule has 150 valence electrons. The number of para-hydroxylation sites is 1. The number of amides is 2. The molecule has 2 aromatic carbocycles. The number of imidazole rings is 1. The van der Waals surface area contributed by atoms with E-state index in [0.29, 0.717) is 12.2 Å². The van der Waals surface area contributed by atoms with Crippen LogP contribution in [0.5, 0.6) is 0 Å². The lowest BCUT2D eigenvalue weighted by Crippen LogP contribution is -2.28. The molecular weight excluding hydrogens is 464 g/mol. The van der Waals surface area contributed by atoms with Gasteiger partial charge in [0, 0.05) is 46.5 Å². The summed E-state index contributed by atoms with van der Waals surface area (Å²) in [6, 6.07) is 15.2. The fourth-order valence-electron chi connectivity index (χ4n) is 3.68. The van der Waals surface area contributed by atoms with Crippen molar-refractivity contribution in [3.05, 3.63) is 70.8 Å². The van der Waals surface area contributed by atoms with Gasteiger partial charge in [0.2, 0.25) is 11.8 Å². The Balaban J connectivity index is 1.36. The number of nitrogens with one attached hydrogen (secondary N) is 1. The molecule has 0 radical (unpaired) electrons. The maximum atomic E-state index is 13.0. The second kappa shape index (κ2) is 7.70. The van der Waals surface area contributed by atoms with Crippen LogP contribution in [0.1, 0.15) is 6.42 Å². The molecule has 0 aliphatic carbocycles. The van der Waals surface area contributed by atoms with Crippen molar-refractivity contribution < 1.29 is 9.59 Å². The van der Waals surface area contributed by atoms with Crippen molar-refractivity contribution in [1.29, 1.82) is 0 Å². The molecule has 1 unspecified atom stereocenters. The zero-order valence-corrected chi connectivity index (χ0v) is 18.2. The Morgan fingerprint density at radius 2 is 2.07 bits per heavy atom. The van der Waals surface area contributed by atoms with Crippen LogP contribution in [0.25, 0.3) is 16.2 Å². The molecule has 8 heteroatoms. The molecule has 0 bridgehead atoms. The number of rotatable bonds is 4. The second-order valence-electron chi connectivity index (χ2n) is 7.14. The Labute approximate surface area is 185 Å². The standard InChI is InChI=1S/C22H17BrN4O2S/c23-15-4-3-5-16(11-15)27-12-14(10-20(27)28)21(29)24-18-7-2-1-6-17(18)19-13-26-8-9-30-22(26)25-19/h1-9,11,13-14H,10,12H2,(H,24,29). The minimum Gasteiger partial charge on any atom is -0.325 e. The maximum Gasteiger partial charge on any atom is 0.229 e. The van der Waals surface area contributed by atoms with Crippen LogP contribution in [0, 0.1) is 5.92 Å². The van der Waals surface area contributed by atoms with Gasteiger partial charge in [0.05, 0.1) is 17.3 Å². The summed E-state index contributed by atoms with van der Waals surface area (Å²) in [5, 5.41) is 5.00. The van der Waals surface area contributed by atoms with Gasteiger partial charge in [0.25, 0.3) is 0 Å². The summed E-state index contributed by atoms with van der Waals surface area (Å²) in [6.07, 6.45) is 4.10. The van der Waals surface area contributed by atoms with E-state index in [4.69, 9.17) is 0 Å². The molecule has 3 heterocycles. The summed E-state index contributed by atoms with van der Waals surface area (Å²) in [5.74, 6) is -0.611. The van der Waals surface area contributed by atoms with Crippen molar-refractivity contribution in [1.82, 2.24) is 9.38 Å². The minimum absolute atomic E-state index is 0.0455. The van der Waals surface area contributed by atoms with Crippen LogP contribution in [0.4, 0.5) is 11.4 Å². The summed E-state index contributed by atoms with van der Waals surface area (Å²) in [6.45, 7) is 0.365. The Bertz CT molecular complexity index is 1240. The van der Waals surface area contributed by atoms with Crippen LogP contribution in [-0.4, -0.2) is 27.7 Å². The van der Waals surface area contributed by atoms with Gasteiger partial charge in [-0.05, 0) is 24.3 Å². The summed E-state index contributed by atoms with van der Waals surface area (Å²) in [4.78, 5) is 32.7. The number of fused-ring (bicyclic) bond motifs is 1. The van der Waals surface area contributed by atoms with E-state index >= 15 is 0 Å². The number of hydrogen-bond acceptors (Lipinski definition) is 4. The predicted molar refractivity (Wildman–Crippen MR) is 122 cm³/mol. The predicted octanol–water partition coefficient (Wildman–Crippen LogP) is 4.82. The maximum absolute atomic E-state index is 13.0. The molecular formula is C22H17BrN4O2S. The highest BCUT2D eigenvalue weighted by Gasteiger charge is 2.35. The molecule has 1 aliphatic rings. The van der Waals surface area contributed by atoms with Crippen molar-refractivity contribution in [2.24, 2.45) is 5.92 Å². The minimum atomic E-state index is -0.407. The summed E-state index contributed by atoms with van der Waals surface area (Å²) in [7, 11) is 0. The number of hydrogen-bond donors (Lipinski definition) is 1. The molecule has 5 rings (SSSR count). The van der Waals surface area contributed by atoms with E-state index in [9.17, 15) is 9.59 Å². The topological polar surface area (TPSA) is 66.7 Å². The number of anilines is 2. The number of carbonyl (C=O) groups is 2. The Hall–Kier alpha value is -2.97. The fraction of sp³-hybridized carbons (Fsp3) is 0.136. The molecule has 4 aromatic rings. The van der Waals surface area contributed by atoms with Crippen LogP contribution in [0.2, 0.25) is 0 Å². The number of halogens is 1. The van der Waals surface area contributed by atoms with Gasteiger partial charge in [-0.25, -0.2) is 4.98 Å². The molecule has 1 atom stereocenters. The third kappa shape index (κ3) is 3.53. The van der Waals surface area contributed by atoms with Crippen LogP contribution in [0.15, 0.2) is 70.8 Å². The van der Waals surface area contributed by atoms with E-state index in [1.54, 1.807) is 16.2 Å². The van der Waals surface area contributed by atoms with Crippen LogP contribution >= 0.6 is 27.3 Å². The molecule has 2 amide bonds. The molecule has 2 aromatic heterocycles. The number of thiazole rings is 1. The molecule has 0 saturated carbocycles. The smallest absolute Gasteiger partial charge is 0.229 e. The monoisotopic (exact) mass is 480 g/mol. The van der Waals surface area contributed by atoms with Gasteiger partial charge in [0.15, 0.2) is 4.96 Å². The van der Waals surface area contributed by atoms with Gasteiger partial charge in [-0.3, -0.25) is 14.0 Å². The van der Waals surface area contributed by atoms with Gasteiger partial charge < -0.3 is 10.2 Å². The number of benzene rings is 2. The van der Waals surface area contributed by atoms with Crippen molar-refractivity contribution in [2.75, 3.05) is 16.8 Å². The first-order valence-electron chi connectivity index (χ1n) is 9.47. The van der Waals surface area contributed by atoms with E-state index in [1.807, 2.05) is 70.7 Å². The Kier molecular flexibility index (Phi) is 4.88. The van der Waals surface area contributed by atoms with Crippen molar-refractivity contribution in [3.8, 4) is 11.3 Å². The molecule has 0 spiro atoms. The quantitative estimate of drug-likeness (QED) is 0.455. The van der Waals surface area contributed by atoms with Crippen molar-refractivity contribution >= 4 is 55.4 Å². The highest BCUT2D eigenvalue weighted by atomic mass is 79.9.